The van der Waals surface area contributed by atoms with Gasteiger partial charge in [-0.2, -0.15) is 0 Å². The van der Waals surface area contributed by atoms with Gasteiger partial charge in [-0.3, -0.25) is 4.79 Å². The number of aromatic hydroxyl groups is 1. The van der Waals surface area contributed by atoms with Gasteiger partial charge < -0.3 is 15.2 Å². The van der Waals surface area contributed by atoms with Crippen molar-refractivity contribution in [2.75, 3.05) is 13.2 Å². The van der Waals surface area contributed by atoms with Crippen LogP contribution < -0.4 is 10.1 Å². The van der Waals surface area contributed by atoms with Gasteiger partial charge in [0.2, 0.25) is 5.91 Å². The van der Waals surface area contributed by atoms with Gasteiger partial charge in [-0.15, -0.1) is 0 Å². The van der Waals surface area contributed by atoms with Crippen molar-refractivity contribution in [1.82, 2.24) is 5.32 Å². The molecule has 0 aliphatic carbocycles. The van der Waals surface area contributed by atoms with Crippen molar-refractivity contribution < 1.29 is 14.6 Å². The summed E-state index contributed by atoms with van der Waals surface area (Å²) in [6, 6.07) is 16.6. The number of benzene rings is 2. The summed E-state index contributed by atoms with van der Waals surface area (Å²) in [5.74, 6) is 1.06. The van der Waals surface area contributed by atoms with E-state index in [0.717, 1.165) is 24.2 Å². The number of rotatable bonds is 8. The van der Waals surface area contributed by atoms with E-state index in [1.54, 1.807) is 12.1 Å². The molecule has 0 spiro atoms. The van der Waals surface area contributed by atoms with Gasteiger partial charge in [0.05, 0.1) is 13.0 Å². The van der Waals surface area contributed by atoms with Crippen LogP contribution in [0.15, 0.2) is 54.6 Å². The third kappa shape index (κ3) is 5.87. The van der Waals surface area contributed by atoms with Gasteiger partial charge in [0, 0.05) is 6.54 Å². The Hall–Kier alpha value is -2.49. The molecule has 4 nitrogen and oxygen atoms in total. The quantitative estimate of drug-likeness (QED) is 0.737. The molecule has 0 atom stereocenters. The lowest BCUT2D eigenvalue weighted by Crippen LogP contribution is -2.26. The molecule has 1 amide bonds. The number of nitrogens with one attached hydrogen (secondary N) is 1. The molecule has 4 heteroatoms. The van der Waals surface area contributed by atoms with Crippen LogP contribution in [0.25, 0.3) is 0 Å². The summed E-state index contributed by atoms with van der Waals surface area (Å²) in [4.78, 5) is 11.7. The maximum atomic E-state index is 11.7. The molecule has 2 aromatic carbocycles. The Balaban J connectivity index is 1.55. The smallest absolute Gasteiger partial charge is 0.223 e. The average molecular weight is 299 g/mol. The highest BCUT2D eigenvalue weighted by Gasteiger charge is 2.01. The van der Waals surface area contributed by atoms with Crippen LogP contribution in [-0.2, 0) is 11.2 Å². The fraction of sp³-hybridized carbons (Fsp3) is 0.278. The maximum absolute atomic E-state index is 11.7. The highest BCUT2D eigenvalue weighted by atomic mass is 16.5. The normalized spacial score (nSPS) is 10.2. The molecule has 2 N–H and O–H groups in total. The molecular formula is C18H21NO3. The zero-order chi connectivity index (χ0) is 15.6. The van der Waals surface area contributed by atoms with Gasteiger partial charge in [0.1, 0.15) is 11.5 Å². The van der Waals surface area contributed by atoms with Gasteiger partial charge in [0.25, 0.3) is 0 Å². The molecule has 0 radical (unpaired) electrons. The van der Waals surface area contributed by atoms with E-state index >= 15 is 0 Å². The number of phenols is 1. The summed E-state index contributed by atoms with van der Waals surface area (Å²) < 4.78 is 5.48. The van der Waals surface area contributed by atoms with E-state index in [4.69, 9.17) is 4.74 Å². The molecule has 0 saturated carbocycles. The van der Waals surface area contributed by atoms with Crippen molar-refractivity contribution >= 4 is 5.91 Å². The predicted molar refractivity (Wildman–Crippen MR) is 86.0 cm³/mol. The number of hydrogen-bond acceptors (Lipinski definition) is 3. The van der Waals surface area contributed by atoms with Gasteiger partial charge in [-0.05, 0) is 42.7 Å². The van der Waals surface area contributed by atoms with Gasteiger partial charge in [-0.1, -0.05) is 30.3 Å². The van der Waals surface area contributed by atoms with E-state index in [1.807, 2.05) is 42.5 Å². The largest absolute Gasteiger partial charge is 0.508 e. The van der Waals surface area contributed by atoms with Crippen LogP contribution in [0, 0.1) is 0 Å². The molecule has 0 aromatic heterocycles. The van der Waals surface area contributed by atoms with Crippen molar-refractivity contribution in [1.29, 1.82) is 0 Å². The van der Waals surface area contributed by atoms with E-state index < -0.39 is 0 Å². The van der Waals surface area contributed by atoms with Crippen molar-refractivity contribution in [2.24, 2.45) is 0 Å². The molecule has 116 valence electrons. The number of amides is 1. The number of carbonyl (C=O) groups excluding carboxylic acids is 1. The van der Waals surface area contributed by atoms with Crippen molar-refractivity contribution in [2.45, 2.75) is 19.3 Å². The fourth-order valence-corrected chi connectivity index (χ4v) is 2.05. The fourth-order valence-electron chi connectivity index (χ4n) is 2.05. The minimum atomic E-state index is 0.00152. The van der Waals surface area contributed by atoms with Crippen LogP contribution >= 0.6 is 0 Å². The molecule has 2 rings (SSSR count). The molecular weight excluding hydrogens is 278 g/mol. The molecule has 0 saturated heterocycles. The van der Waals surface area contributed by atoms with Crippen LogP contribution in [0.4, 0.5) is 0 Å². The number of ether oxygens (including phenoxy) is 1. The van der Waals surface area contributed by atoms with Crippen molar-refractivity contribution in [3.8, 4) is 11.5 Å². The lowest BCUT2D eigenvalue weighted by atomic mass is 10.1. The average Bonchev–Trinajstić information content (AvgIpc) is 2.54. The Kier molecular flexibility index (Phi) is 6.30. The molecule has 0 aliphatic heterocycles. The van der Waals surface area contributed by atoms with Crippen LogP contribution in [0.5, 0.6) is 11.5 Å². The second kappa shape index (κ2) is 8.72. The molecule has 0 fully saturated rings. The van der Waals surface area contributed by atoms with Crippen LogP contribution in [0.2, 0.25) is 0 Å². The first kappa shape index (κ1) is 15.9. The Morgan fingerprint density at radius 2 is 1.77 bits per heavy atom. The number of para-hydroxylation sites is 1. The van der Waals surface area contributed by atoms with E-state index in [9.17, 15) is 9.90 Å². The third-order valence-corrected chi connectivity index (χ3v) is 3.24. The first-order valence-electron chi connectivity index (χ1n) is 7.46. The summed E-state index contributed by atoms with van der Waals surface area (Å²) in [7, 11) is 0. The summed E-state index contributed by atoms with van der Waals surface area (Å²) in [5.41, 5.74) is 1.15. The van der Waals surface area contributed by atoms with Crippen molar-refractivity contribution in [3.63, 3.8) is 0 Å². The minimum absolute atomic E-state index is 0.00152. The Labute approximate surface area is 130 Å². The van der Waals surface area contributed by atoms with Crippen LogP contribution in [0.1, 0.15) is 18.4 Å². The molecule has 22 heavy (non-hydrogen) atoms. The van der Waals surface area contributed by atoms with Gasteiger partial charge in [0.15, 0.2) is 0 Å². The first-order chi connectivity index (χ1) is 10.7. The lowest BCUT2D eigenvalue weighted by molar-refractivity contribution is -0.121. The second-order valence-electron chi connectivity index (χ2n) is 5.03. The first-order valence-corrected chi connectivity index (χ1v) is 7.46. The summed E-state index contributed by atoms with van der Waals surface area (Å²) in [6.45, 7) is 1.03. The number of phenolic OH excluding ortho intramolecular Hbond substituents is 1. The molecule has 2 aromatic rings. The summed E-state index contributed by atoms with van der Waals surface area (Å²) >= 11 is 0. The topological polar surface area (TPSA) is 58.6 Å². The Morgan fingerprint density at radius 3 is 2.50 bits per heavy atom. The van der Waals surface area contributed by atoms with E-state index in [1.165, 1.54) is 0 Å². The highest BCUT2D eigenvalue weighted by molar-refractivity contribution is 5.75. The number of aryl methyl sites for hydroxylation is 1. The van der Waals surface area contributed by atoms with Crippen LogP contribution in [0.3, 0.4) is 0 Å². The molecule has 0 heterocycles. The SMILES string of the molecule is O=C(CCOc1ccccc1)NCCCc1ccc(O)cc1. The highest BCUT2D eigenvalue weighted by Crippen LogP contribution is 2.11. The standard InChI is InChI=1S/C18H21NO3/c20-16-10-8-15(9-11-16)5-4-13-19-18(21)12-14-22-17-6-2-1-3-7-17/h1-3,6-11,20H,4-5,12-14H2,(H,19,21). The van der Waals surface area contributed by atoms with Crippen molar-refractivity contribution in [3.05, 3.63) is 60.2 Å². The second-order valence-corrected chi connectivity index (χ2v) is 5.03. The maximum Gasteiger partial charge on any atom is 0.223 e. The van der Waals surface area contributed by atoms with Crippen LogP contribution in [-0.4, -0.2) is 24.2 Å². The molecule has 0 unspecified atom stereocenters. The monoisotopic (exact) mass is 299 g/mol. The zero-order valence-electron chi connectivity index (χ0n) is 12.5. The Morgan fingerprint density at radius 1 is 1.05 bits per heavy atom. The Bertz CT molecular complexity index is 567. The molecule has 0 aliphatic rings. The minimum Gasteiger partial charge on any atom is -0.508 e. The van der Waals surface area contributed by atoms with Gasteiger partial charge in [-0.25, -0.2) is 0 Å². The van der Waals surface area contributed by atoms with E-state index in [0.29, 0.717) is 19.6 Å². The zero-order valence-corrected chi connectivity index (χ0v) is 12.5. The number of hydrogen-bond donors (Lipinski definition) is 2. The van der Waals surface area contributed by atoms with Gasteiger partial charge >= 0.3 is 0 Å². The predicted octanol–water partition coefficient (Wildman–Crippen LogP) is 2.91. The summed E-state index contributed by atoms with van der Waals surface area (Å²) in [6.07, 6.45) is 2.10. The molecule has 0 bridgehead atoms. The lowest BCUT2D eigenvalue weighted by Gasteiger charge is -2.07. The summed E-state index contributed by atoms with van der Waals surface area (Å²) in [5, 5.41) is 12.1. The van der Waals surface area contributed by atoms with E-state index in [2.05, 4.69) is 5.32 Å². The third-order valence-electron chi connectivity index (χ3n) is 3.24. The van der Waals surface area contributed by atoms with E-state index in [-0.39, 0.29) is 11.7 Å². The number of carbonyl (C=O) groups is 1.